The Morgan fingerprint density at radius 1 is 1.15 bits per heavy atom. The van der Waals surface area contributed by atoms with Crippen molar-refractivity contribution in [1.82, 2.24) is 4.90 Å². The maximum Gasteiger partial charge on any atom is 0.210 e. The molecule has 2 N–H and O–H groups in total. The minimum atomic E-state index is 0.104. The van der Waals surface area contributed by atoms with Crippen molar-refractivity contribution in [3.63, 3.8) is 0 Å². The Morgan fingerprint density at radius 2 is 1.80 bits per heavy atom. The summed E-state index contributed by atoms with van der Waals surface area (Å²) < 4.78 is 0. The van der Waals surface area contributed by atoms with Crippen molar-refractivity contribution >= 4 is 6.41 Å². The zero-order valence-corrected chi connectivity index (χ0v) is 13.8. The van der Waals surface area contributed by atoms with Crippen molar-refractivity contribution in [2.45, 2.75) is 72.0 Å². The van der Waals surface area contributed by atoms with Gasteiger partial charge in [0.1, 0.15) is 0 Å². The fraction of sp³-hybridized carbons (Fsp3) is 0.706. The highest BCUT2D eigenvalue weighted by Crippen LogP contribution is 2.15. The second kappa shape index (κ2) is 10.7. The molecule has 0 aliphatic rings. The van der Waals surface area contributed by atoms with Gasteiger partial charge in [0, 0.05) is 18.1 Å². The number of nitrogens with zero attached hydrogens (tertiary/aromatic N) is 1. The Bertz CT molecular complexity index is 312. The average molecular weight is 280 g/mol. The third kappa shape index (κ3) is 7.49. The van der Waals surface area contributed by atoms with Crippen LogP contribution in [0.25, 0.3) is 0 Å². The van der Waals surface area contributed by atoms with Crippen LogP contribution in [0.4, 0.5) is 0 Å². The first-order valence-corrected chi connectivity index (χ1v) is 7.73. The van der Waals surface area contributed by atoms with Crippen molar-refractivity contribution in [3.8, 4) is 0 Å². The summed E-state index contributed by atoms with van der Waals surface area (Å²) in [4.78, 5) is 13.1. The van der Waals surface area contributed by atoms with Gasteiger partial charge in [-0.25, -0.2) is 0 Å². The SMILES string of the molecule is C/C=C\C(N)C/C=C/C(C)CC(C)N(C=O)C(C)CC. The molecule has 116 valence electrons. The van der Waals surface area contributed by atoms with Crippen LogP contribution in [0.15, 0.2) is 24.3 Å². The van der Waals surface area contributed by atoms with Crippen molar-refractivity contribution in [1.29, 1.82) is 0 Å². The van der Waals surface area contributed by atoms with E-state index in [1.54, 1.807) is 0 Å². The molecule has 0 bridgehead atoms. The number of amides is 1. The van der Waals surface area contributed by atoms with E-state index in [1.165, 1.54) is 0 Å². The van der Waals surface area contributed by atoms with E-state index >= 15 is 0 Å². The third-order valence-corrected chi connectivity index (χ3v) is 3.76. The van der Waals surface area contributed by atoms with Crippen LogP contribution in [0.5, 0.6) is 0 Å². The highest BCUT2D eigenvalue weighted by Gasteiger charge is 2.18. The van der Waals surface area contributed by atoms with E-state index in [0.717, 1.165) is 25.7 Å². The summed E-state index contributed by atoms with van der Waals surface area (Å²) in [7, 11) is 0. The van der Waals surface area contributed by atoms with Crippen molar-refractivity contribution in [3.05, 3.63) is 24.3 Å². The maximum absolute atomic E-state index is 11.2. The smallest absolute Gasteiger partial charge is 0.210 e. The highest BCUT2D eigenvalue weighted by atomic mass is 16.1. The van der Waals surface area contributed by atoms with Crippen molar-refractivity contribution in [2.24, 2.45) is 11.7 Å². The van der Waals surface area contributed by atoms with Crippen molar-refractivity contribution in [2.75, 3.05) is 0 Å². The van der Waals surface area contributed by atoms with Crippen LogP contribution in [-0.4, -0.2) is 29.4 Å². The molecule has 0 aromatic rings. The van der Waals surface area contributed by atoms with Gasteiger partial charge in [-0.3, -0.25) is 4.79 Å². The predicted octanol–water partition coefficient (Wildman–Crippen LogP) is 3.51. The highest BCUT2D eigenvalue weighted by molar-refractivity contribution is 5.48. The molecule has 3 nitrogen and oxygen atoms in total. The number of rotatable bonds is 10. The van der Waals surface area contributed by atoms with E-state index in [1.807, 2.05) is 24.0 Å². The molecular weight excluding hydrogens is 248 g/mol. The van der Waals surface area contributed by atoms with Gasteiger partial charge in [0.25, 0.3) is 0 Å². The fourth-order valence-electron chi connectivity index (χ4n) is 2.39. The summed E-state index contributed by atoms with van der Waals surface area (Å²) in [5, 5.41) is 0. The van der Waals surface area contributed by atoms with Gasteiger partial charge in [0.05, 0.1) is 0 Å². The molecule has 0 spiro atoms. The average Bonchev–Trinajstić information content (AvgIpc) is 2.39. The molecule has 0 saturated carbocycles. The van der Waals surface area contributed by atoms with Gasteiger partial charge in [-0.2, -0.15) is 0 Å². The first kappa shape index (κ1) is 18.9. The molecule has 4 unspecified atom stereocenters. The van der Waals surface area contributed by atoms with Crippen LogP contribution in [-0.2, 0) is 4.79 Å². The van der Waals surface area contributed by atoms with Crippen LogP contribution < -0.4 is 5.73 Å². The molecular formula is C17H32N2O. The van der Waals surface area contributed by atoms with E-state index in [0.29, 0.717) is 12.0 Å². The molecule has 0 radical (unpaired) electrons. The fourth-order valence-corrected chi connectivity index (χ4v) is 2.39. The van der Waals surface area contributed by atoms with Gasteiger partial charge >= 0.3 is 0 Å². The van der Waals surface area contributed by atoms with Crippen LogP contribution in [0, 0.1) is 5.92 Å². The molecule has 0 saturated heterocycles. The molecule has 0 aliphatic heterocycles. The van der Waals surface area contributed by atoms with E-state index in [9.17, 15) is 4.79 Å². The van der Waals surface area contributed by atoms with E-state index in [2.05, 4.69) is 39.8 Å². The summed E-state index contributed by atoms with van der Waals surface area (Å²) in [6.45, 7) is 10.5. The zero-order valence-electron chi connectivity index (χ0n) is 13.8. The topological polar surface area (TPSA) is 46.3 Å². The molecule has 0 heterocycles. The number of allylic oxidation sites excluding steroid dienone is 2. The zero-order chi connectivity index (χ0) is 15.5. The van der Waals surface area contributed by atoms with E-state index in [-0.39, 0.29) is 12.1 Å². The summed E-state index contributed by atoms with van der Waals surface area (Å²) in [5.41, 5.74) is 5.91. The van der Waals surface area contributed by atoms with E-state index < -0.39 is 0 Å². The molecule has 1 amide bonds. The lowest BCUT2D eigenvalue weighted by Crippen LogP contribution is -2.39. The van der Waals surface area contributed by atoms with Crippen molar-refractivity contribution < 1.29 is 4.79 Å². The Balaban J connectivity index is 4.27. The molecule has 0 rings (SSSR count). The lowest BCUT2D eigenvalue weighted by molar-refractivity contribution is -0.122. The van der Waals surface area contributed by atoms with Crippen LogP contribution in [0.3, 0.4) is 0 Å². The quantitative estimate of drug-likeness (QED) is 0.492. The number of carbonyl (C=O) groups excluding carboxylic acids is 1. The van der Waals surface area contributed by atoms with Gasteiger partial charge in [-0.1, -0.05) is 38.2 Å². The summed E-state index contributed by atoms with van der Waals surface area (Å²) in [6, 6.07) is 0.681. The summed E-state index contributed by atoms with van der Waals surface area (Å²) >= 11 is 0. The minimum absolute atomic E-state index is 0.104. The molecule has 4 atom stereocenters. The second-order valence-electron chi connectivity index (χ2n) is 5.73. The Morgan fingerprint density at radius 3 is 2.30 bits per heavy atom. The monoisotopic (exact) mass is 280 g/mol. The molecule has 0 fully saturated rings. The molecule has 0 aromatic carbocycles. The number of nitrogens with two attached hydrogens (primary N) is 1. The summed E-state index contributed by atoms with van der Waals surface area (Å²) in [5.74, 6) is 0.453. The molecule has 0 aliphatic carbocycles. The van der Waals surface area contributed by atoms with Gasteiger partial charge < -0.3 is 10.6 Å². The van der Waals surface area contributed by atoms with Gasteiger partial charge in [-0.15, -0.1) is 0 Å². The number of hydrogen-bond acceptors (Lipinski definition) is 2. The lowest BCUT2D eigenvalue weighted by atomic mass is 9.99. The minimum Gasteiger partial charge on any atom is -0.340 e. The largest absolute Gasteiger partial charge is 0.340 e. The van der Waals surface area contributed by atoms with E-state index in [4.69, 9.17) is 5.73 Å². The number of hydrogen-bond donors (Lipinski definition) is 1. The van der Waals surface area contributed by atoms with Gasteiger partial charge in [0.2, 0.25) is 6.41 Å². The second-order valence-corrected chi connectivity index (χ2v) is 5.73. The Labute approximate surface area is 124 Å². The first-order valence-electron chi connectivity index (χ1n) is 7.73. The molecule has 3 heteroatoms. The summed E-state index contributed by atoms with van der Waals surface area (Å²) in [6.07, 6.45) is 12.2. The standard InChI is InChI=1S/C17H32N2O/c1-6-9-17(18)11-8-10-14(3)12-16(5)19(13-20)15(4)7-2/h6,8-10,13-17H,7,11-12,18H2,1-5H3/b9-6-,10-8+. The maximum atomic E-state index is 11.2. The normalized spacial score (nSPS) is 18.1. The Hall–Kier alpha value is -1.09. The van der Waals surface area contributed by atoms with Gasteiger partial charge in [0.15, 0.2) is 0 Å². The number of carbonyl (C=O) groups is 1. The predicted molar refractivity (Wildman–Crippen MR) is 87.4 cm³/mol. The molecule has 20 heavy (non-hydrogen) atoms. The first-order chi connectivity index (χ1) is 9.46. The van der Waals surface area contributed by atoms with Crippen LogP contribution >= 0.6 is 0 Å². The van der Waals surface area contributed by atoms with Gasteiger partial charge in [-0.05, 0) is 46.0 Å². The third-order valence-electron chi connectivity index (χ3n) is 3.76. The van der Waals surface area contributed by atoms with Crippen LogP contribution in [0.2, 0.25) is 0 Å². The lowest BCUT2D eigenvalue weighted by Gasteiger charge is -2.31. The molecule has 0 aromatic heterocycles. The van der Waals surface area contributed by atoms with Crippen LogP contribution in [0.1, 0.15) is 53.9 Å². The Kier molecular flexibility index (Phi) is 10.1.